The van der Waals surface area contributed by atoms with E-state index in [0.29, 0.717) is 6.04 Å². The maximum atomic E-state index is 13.1. The predicted molar refractivity (Wildman–Crippen MR) is 112 cm³/mol. The number of likely N-dealkylation sites (tertiary alicyclic amines) is 1. The van der Waals surface area contributed by atoms with Crippen LogP contribution in [-0.4, -0.2) is 54.6 Å². The zero-order valence-corrected chi connectivity index (χ0v) is 17.1. The zero-order chi connectivity index (χ0) is 19.0. The van der Waals surface area contributed by atoms with Gasteiger partial charge in [0.1, 0.15) is 0 Å². The van der Waals surface area contributed by atoms with E-state index in [0.717, 1.165) is 70.6 Å². The van der Waals surface area contributed by atoms with Crippen molar-refractivity contribution >= 4 is 17.2 Å². The topological polar surface area (TPSA) is 32.8 Å². The van der Waals surface area contributed by atoms with E-state index in [1.165, 1.54) is 11.1 Å². The van der Waals surface area contributed by atoms with Crippen molar-refractivity contribution in [2.24, 2.45) is 0 Å². The summed E-state index contributed by atoms with van der Waals surface area (Å²) in [5.41, 5.74) is 3.74. The molecule has 148 valence electrons. The molecular weight excluding hydrogens is 368 g/mol. The number of hydrogen-bond donors (Lipinski definition) is 0. The van der Waals surface area contributed by atoms with Gasteiger partial charge < -0.3 is 14.5 Å². The van der Waals surface area contributed by atoms with Crippen molar-refractivity contribution < 1.29 is 9.53 Å². The number of rotatable bonds is 2. The highest BCUT2D eigenvalue weighted by atomic mass is 32.1. The smallest absolute Gasteiger partial charge is 0.255 e. The van der Waals surface area contributed by atoms with Crippen LogP contribution in [0.3, 0.4) is 0 Å². The number of fused-ring (bicyclic) bond motifs is 2. The normalized spacial score (nSPS) is 22.9. The summed E-state index contributed by atoms with van der Waals surface area (Å²) in [6.45, 7) is 5.63. The van der Waals surface area contributed by atoms with Gasteiger partial charge in [0.25, 0.3) is 5.91 Å². The number of carbonyl (C=O) groups is 1. The van der Waals surface area contributed by atoms with Crippen LogP contribution >= 0.6 is 11.3 Å². The molecule has 0 N–H and O–H groups in total. The maximum Gasteiger partial charge on any atom is 0.255 e. The van der Waals surface area contributed by atoms with E-state index in [4.69, 9.17) is 4.74 Å². The largest absolute Gasteiger partial charge is 0.381 e. The molecule has 1 aromatic heterocycles. The van der Waals surface area contributed by atoms with Crippen molar-refractivity contribution in [3.8, 4) is 0 Å². The molecule has 3 aliphatic rings. The summed E-state index contributed by atoms with van der Waals surface area (Å²) in [5, 5.41) is 3.97. The summed E-state index contributed by atoms with van der Waals surface area (Å²) < 4.78 is 5.55. The lowest BCUT2D eigenvalue weighted by atomic mass is 9.68. The summed E-state index contributed by atoms with van der Waals surface area (Å²) in [7, 11) is 0. The number of thiophene rings is 1. The van der Waals surface area contributed by atoms with Crippen molar-refractivity contribution in [1.29, 1.82) is 0 Å². The lowest BCUT2D eigenvalue weighted by molar-refractivity contribution is 0.0102. The standard InChI is InChI=1S/C23H28N2O2S/c26-22(19-7-14-28-16-19)25-15-18-3-1-2-4-21(18)23(17-25)8-10-24(11-9-23)20-5-12-27-13-6-20/h1-4,7,14,16,20H,5-6,8-13,15,17H2. The van der Waals surface area contributed by atoms with Gasteiger partial charge in [0.05, 0.1) is 5.56 Å². The Morgan fingerprint density at radius 3 is 2.64 bits per heavy atom. The monoisotopic (exact) mass is 396 g/mol. The van der Waals surface area contributed by atoms with Crippen molar-refractivity contribution in [2.45, 2.75) is 43.7 Å². The number of ether oxygens (including phenoxy) is 1. The molecule has 2 aromatic rings. The first-order chi connectivity index (χ1) is 13.8. The molecule has 0 unspecified atom stereocenters. The lowest BCUT2D eigenvalue weighted by Crippen LogP contribution is -2.55. The van der Waals surface area contributed by atoms with Crippen LogP contribution < -0.4 is 0 Å². The Hall–Kier alpha value is -1.69. The van der Waals surface area contributed by atoms with E-state index in [2.05, 4.69) is 34.1 Å². The second-order valence-electron chi connectivity index (χ2n) is 8.49. The fourth-order valence-electron chi connectivity index (χ4n) is 5.39. The Kier molecular flexibility index (Phi) is 4.99. The molecule has 1 amide bonds. The first-order valence-electron chi connectivity index (χ1n) is 10.5. The highest BCUT2D eigenvalue weighted by molar-refractivity contribution is 7.08. The van der Waals surface area contributed by atoms with Gasteiger partial charge in [-0.25, -0.2) is 0 Å². The van der Waals surface area contributed by atoms with Gasteiger partial charge in [-0.3, -0.25) is 4.79 Å². The van der Waals surface area contributed by atoms with Crippen molar-refractivity contribution in [3.63, 3.8) is 0 Å². The quantitative estimate of drug-likeness (QED) is 0.771. The van der Waals surface area contributed by atoms with Crippen LogP contribution in [0.2, 0.25) is 0 Å². The molecule has 0 radical (unpaired) electrons. The molecule has 28 heavy (non-hydrogen) atoms. The third-order valence-electron chi connectivity index (χ3n) is 6.96. The highest BCUT2D eigenvalue weighted by Crippen LogP contribution is 2.42. The van der Waals surface area contributed by atoms with Crippen LogP contribution in [0.25, 0.3) is 0 Å². The van der Waals surface area contributed by atoms with E-state index in [1.54, 1.807) is 11.3 Å². The molecule has 3 aliphatic heterocycles. The van der Waals surface area contributed by atoms with Crippen LogP contribution in [0, 0.1) is 0 Å². The fourth-order valence-corrected chi connectivity index (χ4v) is 6.02. The molecule has 0 saturated carbocycles. The molecule has 2 fully saturated rings. The van der Waals surface area contributed by atoms with E-state index in [1.807, 2.05) is 16.8 Å². The molecule has 4 nitrogen and oxygen atoms in total. The van der Waals surface area contributed by atoms with Crippen LogP contribution in [0.15, 0.2) is 41.1 Å². The number of piperidine rings is 1. The van der Waals surface area contributed by atoms with Gasteiger partial charge >= 0.3 is 0 Å². The molecule has 1 aromatic carbocycles. The van der Waals surface area contributed by atoms with E-state index < -0.39 is 0 Å². The average molecular weight is 397 g/mol. The van der Waals surface area contributed by atoms with Gasteiger partial charge in [0.2, 0.25) is 0 Å². The van der Waals surface area contributed by atoms with Crippen LogP contribution in [0.5, 0.6) is 0 Å². The second kappa shape index (κ2) is 7.62. The summed E-state index contributed by atoms with van der Waals surface area (Å²) in [6.07, 6.45) is 4.59. The Balaban J connectivity index is 1.39. The van der Waals surface area contributed by atoms with Crippen molar-refractivity contribution in [2.75, 3.05) is 32.8 Å². The van der Waals surface area contributed by atoms with E-state index >= 15 is 0 Å². The average Bonchev–Trinajstić information content (AvgIpc) is 3.29. The Morgan fingerprint density at radius 1 is 1.11 bits per heavy atom. The third-order valence-corrected chi connectivity index (χ3v) is 7.64. The van der Waals surface area contributed by atoms with Gasteiger partial charge in [-0.05, 0) is 61.3 Å². The van der Waals surface area contributed by atoms with Crippen LogP contribution in [0.4, 0.5) is 0 Å². The lowest BCUT2D eigenvalue weighted by Gasteiger charge is -2.50. The zero-order valence-electron chi connectivity index (χ0n) is 16.3. The predicted octanol–water partition coefficient (Wildman–Crippen LogP) is 3.92. The van der Waals surface area contributed by atoms with Gasteiger partial charge in [-0.2, -0.15) is 11.3 Å². The second-order valence-corrected chi connectivity index (χ2v) is 9.27. The number of hydrogen-bond acceptors (Lipinski definition) is 4. The summed E-state index contributed by atoms with van der Waals surface area (Å²) in [5.74, 6) is 0.182. The summed E-state index contributed by atoms with van der Waals surface area (Å²) in [4.78, 5) is 17.9. The fraction of sp³-hybridized carbons (Fsp3) is 0.522. The Morgan fingerprint density at radius 2 is 1.89 bits per heavy atom. The Labute approximate surface area is 171 Å². The molecule has 0 bridgehead atoms. The van der Waals surface area contributed by atoms with Gasteiger partial charge in [0.15, 0.2) is 0 Å². The SMILES string of the molecule is O=C(c1ccsc1)N1Cc2ccccc2C2(CCN(C3CCOCC3)CC2)C1. The highest BCUT2D eigenvalue weighted by Gasteiger charge is 2.44. The van der Waals surface area contributed by atoms with E-state index in [9.17, 15) is 4.79 Å². The van der Waals surface area contributed by atoms with Crippen LogP contribution in [-0.2, 0) is 16.7 Å². The first-order valence-corrected chi connectivity index (χ1v) is 11.4. The van der Waals surface area contributed by atoms with Crippen molar-refractivity contribution in [3.05, 3.63) is 57.8 Å². The van der Waals surface area contributed by atoms with Crippen molar-refractivity contribution in [1.82, 2.24) is 9.80 Å². The molecule has 5 rings (SSSR count). The summed E-state index contributed by atoms with van der Waals surface area (Å²) >= 11 is 1.60. The number of nitrogens with zero attached hydrogens (tertiary/aromatic N) is 2. The molecule has 0 atom stereocenters. The van der Waals surface area contributed by atoms with Gasteiger partial charge in [-0.15, -0.1) is 0 Å². The molecule has 4 heterocycles. The molecule has 1 spiro atoms. The number of benzene rings is 1. The molecular formula is C23H28N2O2S. The molecule has 5 heteroatoms. The first kappa shape index (κ1) is 18.3. The maximum absolute atomic E-state index is 13.1. The minimum absolute atomic E-state index is 0.0994. The third kappa shape index (κ3) is 3.30. The molecule has 0 aliphatic carbocycles. The van der Waals surface area contributed by atoms with Gasteiger partial charge in [0, 0.05) is 43.1 Å². The van der Waals surface area contributed by atoms with Crippen LogP contribution in [0.1, 0.15) is 47.2 Å². The number of carbonyl (C=O) groups excluding carboxylic acids is 1. The minimum Gasteiger partial charge on any atom is -0.381 e. The summed E-state index contributed by atoms with van der Waals surface area (Å²) in [6, 6.07) is 11.4. The van der Waals surface area contributed by atoms with Gasteiger partial charge in [-0.1, -0.05) is 24.3 Å². The molecule has 2 saturated heterocycles. The van der Waals surface area contributed by atoms with E-state index in [-0.39, 0.29) is 11.3 Å². The Bertz CT molecular complexity index is 821. The number of amides is 1. The minimum atomic E-state index is 0.0994.